The minimum absolute atomic E-state index is 0.152. The molecule has 0 amide bonds. The van der Waals surface area contributed by atoms with Crippen LogP contribution in [0.15, 0.2) is 60.6 Å². The lowest BCUT2D eigenvalue weighted by Gasteiger charge is -2.07. The van der Waals surface area contributed by atoms with Crippen molar-refractivity contribution in [3.8, 4) is 11.5 Å². The van der Waals surface area contributed by atoms with Crippen LogP contribution in [0.25, 0.3) is 6.08 Å². The van der Waals surface area contributed by atoms with Gasteiger partial charge < -0.3 is 9.47 Å². The second-order valence-electron chi connectivity index (χ2n) is 6.35. The number of pyridine rings is 1. The molecular weight excluding hydrogens is 413 g/mol. The number of halogens is 2. The molecule has 0 aliphatic carbocycles. The molecule has 7 heteroatoms. The average Bonchev–Trinajstić information content (AvgIpc) is 3.01. The summed E-state index contributed by atoms with van der Waals surface area (Å²) in [6, 6.07) is 11.3. The number of hydrogen-bond donors (Lipinski definition) is 0. The van der Waals surface area contributed by atoms with E-state index in [9.17, 15) is 9.59 Å². The van der Waals surface area contributed by atoms with E-state index in [1.165, 1.54) is 18.5 Å². The smallest absolute Gasteiger partial charge is 0.343 e. The first kappa shape index (κ1) is 19.2. The highest BCUT2D eigenvalue weighted by molar-refractivity contribution is 6.42. The highest BCUT2D eigenvalue weighted by Crippen LogP contribution is 2.38. The standard InChI is InChI=1S/C22H13Cl2NO4/c1-12-8-15(28-22(27)14-4-6-25-7-5-14)11-18-20(12)21(26)19(29-18)10-13-2-3-16(23)17(24)9-13/h2-11H,1H3/b19-10-. The highest BCUT2D eigenvalue weighted by Gasteiger charge is 2.30. The molecule has 2 aromatic carbocycles. The van der Waals surface area contributed by atoms with Gasteiger partial charge in [0.15, 0.2) is 5.76 Å². The second-order valence-corrected chi connectivity index (χ2v) is 7.17. The Morgan fingerprint density at radius 1 is 1.07 bits per heavy atom. The molecule has 29 heavy (non-hydrogen) atoms. The van der Waals surface area contributed by atoms with Gasteiger partial charge in [0.25, 0.3) is 0 Å². The van der Waals surface area contributed by atoms with Gasteiger partial charge in [-0.2, -0.15) is 0 Å². The van der Waals surface area contributed by atoms with Crippen LogP contribution < -0.4 is 9.47 Å². The van der Waals surface area contributed by atoms with Gasteiger partial charge in [-0.25, -0.2) is 4.79 Å². The molecule has 0 saturated carbocycles. The van der Waals surface area contributed by atoms with E-state index in [1.807, 2.05) is 0 Å². The third kappa shape index (κ3) is 3.88. The van der Waals surface area contributed by atoms with Gasteiger partial charge in [0.05, 0.1) is 21.2 Å². The third-order valence-electron chi connectivity index (χ3n) is 4.31. The van der Waals surface area contributed by atoms with Crippen molar-refractivity contribution in [2.45, 2.75) is 6.92 Å². The summed E-state index contributed by atoms with van der Waals surface area (Å²) in [5.41, 5.74) is 2.12. The first-order valence-corrected chi connectivity index (χ1v) is 9.34. The fraction of sp³-hybridized carbons (Fsp3) is 0.0455. The van der Waals surface area contributed by atoms with Crippen LogP contribution in [0.1, 0.15) is 31.8 Å². The van der Waals surface area contributed by atoms with E-state index < -0.39 is 5.97 Å². The number of fused-ring (bicyclic) bond motifs is 1. The molecule has 0 N–H and O–H groups in total. The molecule has 0 spiro atoms. The predicted molar refractivity (Wildman–Crippen MR) is 110 cm³/mol. The summed E-state index contributed by atoms with van der Waals surface area (Å²) in [5.74, 6) is -0.0113. The fourth-order valence-electron chi connectivity index (χ4n) is 2.94. The average molecular weight is 426 g/mol. The van der Waals surface area contributed by atoms with Crippen LogP contribution in [-0.2, 0) is 0 Å². The van der Waals surface area contributed by atoms with E-state index in [-0.39, 0.29) is 17.3 Å². The Morgan fingerprint density at radius 2 is 1.83 bits per heavy atom. The molecule has 0 unspecified atom stereocenters. The first-order valence-electron chi connectivity index (χ1n) is 8.58. The molecule has 3 aromatic rings. The van der Waals surface area contributed by atoms with Crippen LogP contribution in [0.2, 0.25) is 10.0 Å². The van der Waals surface area contributed by atoms with Crippen molar-refractivity contribution >= 4 is 41.0 Å². The maximum atomic E-state index is 12.8. The fourth-order valence-corrected chi connectivity index (χ4v) is 3.25. The van der Waals surface area contributed by atoms with E-state index in [0.717, 1.165) is 0 Å². The third-order valence-corrected chi connectivity index (χ3v) is 5.05. The summed E-state index contributed by atoms with van der Waals surface area (Å²) in [4.78, 5) is 28.9. The quantitative estimate of drug-likeness (QED) is 0.313. The molecule has 144 valence electrons. The van der Waals surface area contributed by atoms with Crippen molar-refractivity contribution in [2.75, 3.05) is 0 Å². The molecule has 0 saturated heterocycles. The van der Waals surface area contributed by atoms with Crippen LogP contribution in [0.5, 0.6) is 11.5 Å². The Labute approximate surface area is 176 Å². The number of Topliss-reactive ketones (excluding diaryl/α,β-unsaturated/α-hetero) is 1. The SMILES string of the molecule is Cc1cc(OC(=O)c2ccncc2)cc2c1C(=O)/C(=C/c1ccc(Cl)c(Cl)c1)O2. The zero-order valence-electron chi connectivity index (χ0n) is 15.1. The summed E-state index contributed by atoms with van der Waals surface area (Å²) in [6.07, 6.45) is 4.60. The minimum atomic E-state index is -0.525. The normalized spacial score (nSPS) is 13.9. The maximum absolute atomic E-state index is 12.8. The van der Waals surface area contributed by atoms with Gasteiger partial charge in [0, 0.05) is 18.5 Å². The van der Waals surface area contributed by atoms with E-state index in [1.54, 1.807) is 49.4 Å². The van der Waals surface area contributed by atoms with Crippen molar-refractivity contribution in [1.82, 2.24) is 4.98 Å². The monoisotopic (exact) mass is 425 g/mol. The Hall–Kier alpha value is -3.15. The van der Waals surface area contributed by atoms with Crippen LogP contribution in [0.4, 0.5) is 0 Å². The molecule has 5 nitrogen and oxygen atoms in total. The number of ether oxygens (including phenoxy) is 2. The number of carbonyl (C=O) groups excluding carboxylic acids is 2. The van der Waals surface area contributed by atoms with Crippen molar-refractivity contribution in [3.63, 3.8) is 0 Å². The Bertz CT molecular complexity index is 1170. The van der Waals surface area contributed by atoms with E-state index in [0.29, 0.717) is 38.0 Å². The van der Waals surface area contributed by atoms with Crippen molar-refractivity contribution in [2.24, 2.45) is 0 Å². The van der Waals surface area contributed by atoms with Gasteiger partial charge >= 0.3 is 5.97 Å². The van der Waals surface area contributed by atoms with Crippen molar-refractivity contribution < 1.29 is 19.1 Å². The molecule has 0 fully saturated rings. The number of allylic oxidation sites excluding steroid dienone is 1. The van der Waals surface area contributed by atoms with Gasteiger partial charge in [0.1, 0.15) is 11.5 Å². The lowest BCUT2D eigenvalue weighted by Crippen LogP contribution is -2.08. The van der Waals surface area contributed by atoms with Gasteiger partial charge in [-0.1, -0.05) is 29.3 Å². The van der Waals surface area contributed by atoms with Gasteiger partial charge in [-0.15, -0.1) is 0 Å². The second kappa shape index (κ2) is 7.70. The molecule has 0 bridgehead atoms. The molecule has 1 aliphatic heterocycles. The Morgan fingerprint density at radius 3 is 2.55 bits per heavy atom. The largest absolute Gasteiger partial charge is 0.452 e. The highest BCUT2D eigenvalue weighted by atomic mass is 35.5. The molecule has 4 rings (SSSR count). The van der Waals surface area contributed by atoms with E-state index in [2.05, 4.69) is 4.98 Å². The molecule has 0 atom stereocenters. The topological polar surface area (TPSA) is 65.5 Å². The van der Waals surface area contributed by atoms with Crippen molar-refractivity contribution in [3.05, 3.63) is 92.9 Å². The summed E-state index contributed by atoms with van der Waals surface area (Å²) in [7, 11) is 0. The number of esters is 1. The molecule has 1 aliphatic rings. The lowest BCUT2D eigenvalue weighted by molar-refractivity contribution is 0.0734. The summed E-state index contributed by atoms with van der Waals surface area (Å²) < 4.78 is 11.2. The number of benzene rings is 2. The number of aromatic nitrogens is 1. The number of ketones is 1. The number of hydrogen-bond acceptors (Lipinski definition) is 5. The van der Waals surface area contributed by atoms with Crippen LogP contribution in [-0.4, -0.2) is 16.7 Å². The molecule has 0 radical (unpaired) electrons. The van der Waals surface area contributed by atoms with Crippen molar-refractivity contribution in [1.29, 1.82) is 0 Å². The number of carbonyl (C=O) groups is 2. The van der Waals surface area contributed by atoms with Crippen LogP contribution in [0.3, 0.4) is 0 Å². The van der Waals surface area contributed by atoms with Gasteiger partial charge in [-0.3, -0.25) is 9.78 Å². The van der Waals surface area contributed by atoms with Crippen LogP contribution in [0, 0.1) is 6.92 Å². The zero-order chi connectivity index (χ0) is 20.5. The molecule has 1 aromatic heterocycles. The molecular formula is C22H13Cl2NO4. The zero-order valence-corrected chi connectivity index (χ0v) is 16.6. The molecule has 2 heterocycles. The summed E-state index contributed by atoms with van der Waals surface area (Å²) in [5, 5.41) is 0.803. The number of nitrogens with zero attached hydrogens (tertiary/aromatic N) is 1. The number of aryl methyl sites for hydroxylation is 1. The van der Waals surface area contributed by atoms with Crippen LogP contribution >= 0.6 is 23.2 Å². The first-order chi connectivity index (χ1) is 13.9. The minimum Gasteiger partial charge on any atom is -0.452 e. The summed E-state index contributed by atoms with van der Waals surface area (Å²) >= 11 is 12.0. The predicted octanol–water partition coefficient (Wildman–Crippen LogP) is 5.53. The Kier molecular flexibility index (Phi) is 5.09. The summed E-state index contributed by atoms with van der Waals surface area (Å²) in [6.45, 7) is 1.76. The number of rotatable bonds is 3. The van der Waals surface area contributed by atoms with Gasteiger partial charge in [0.2, 0.25) is 5.78 Å². The Balaban J connectivity index is 1.62. The lowest BCUT2D eigenvalue weighted by atomic mass is 10.0. The van der Waals surface area contributed by atoms with E-state index in [4.69, 9.17) is 32.7 Å². The van der Waals surface area contributed by atoms with Gasteiger partial charge in [-0.05, 0) is 54.5 Å². The van der Waals surface area contributed by atoms with E-state index >= 15 is 0 Å². The maximum Gasteiger partial charge on any atom is 0.343 e.